The normalized spacial score (nSPS) is 16.1. The van der Waals surface area contributed by atoms with Crippen molar-refractivity contribution < 1.29 is 4.74 Å². The standard InChI is InChI=1S/C11H15N3O2/c1-16-11-4-2-3-10(9-11)13-5-7-14(12-15)8-6-13/h2-4,9H,5-8H2,1H3. The van der Waals surface area contributed by atoms with Gasteiger partial charge in [0.05, 0.1) is 25.5 Å². The molecule has 0 atom stereocenters. The molecule has 16 heavy (non-hydrogen) atoms. The van der Waals surface area contributed by atoms with Crippen LogP contribution in [0.5, 0.6) is 5.75 Å². The number of rotatable bonds is 3. The zero-order chi connectivity index (χ0) is 11.4. The van der Waals surface area contributed by atoms with Gasteiger partial charge in [0.25, 0.3) is 0 Å². The summed E-state index contributed by atoms with van der Waals surface area (Å²) in [4.78, 5) is 12.6. The van der Waals surface area contributed by atoms with Crippen LogP contribution in [0.25, 0.3) is 0 Å². The van der Waals surface area contributed by atoms with E-state index in [1.807, 2.05) is 24.3 Å². The third-order valence-electron chi connectivity index (χ3n) is 2.79. The molecule has 0 saturated carbocycles. The number of methoxy groups -OCH3 is 1. The molecule has 0 aromatic heterocycles. The monoisotopic (exact) mass is 221 g/mol. The third-order valence-corrected chi connectivity index (χ3v) is 2.79. The zero-order valence-electron chi connectivity index (χ0n) is 9.30. The minimum absolute atomic E-state index is 0.681. The fraction of sp³-hybridized carbons (Fsp3) is 0.455. The predicted molar refractivity (Wildman–Crippen MR) is 62.6 cm³/mol. The maximum Gasteiger partial charge on any atom is 0.120 e. The van der Waals surface area contributed by atoms with Crippen molar-refractivity contribution in [3.63, 3.8) is 0 Å². The zero-order valence-corrected chi connectivity index (χ0v) is 9.30. The van der Waals surface area contributed by atoms with Crippen LogP contribution >= 0.6 is 0 Å². The molecule has 86 valence electrons. The Kier molecular flexibility index (Phi) is 3.24. The Labute approximate surface area is 94.5 Å². The highest BCUT2D eigenvalue weighted by molar-refractivity contribution is 5.51. The molecule has 0 N–H and O–H groups in total. The summed E-state index contributed by atoms with van der Waals surface area (Å²) in [5.41, 5.74) is 1.13. The van der Waals surface area contributed by atoms with Crippen LogP contribution in [0.15, 0.2) is 29.6 Å². The molecule has 1 aliphatic rings. The molecular formula is C11H15N3O2. The van der Waals surface area contributed by atoms with Gasteiger partial charge in [-0.3, -0.25) is 5.01 Å². The maximum absolute atomic E-state index is 10.3. The highest BCUT2D eigenvalue weighted by atomic mass is 16.5. The molecule has 1 saturated heterocycles. The van der Waals surface area contributed by atoms with Crippen molar-refractivity contribution in [1.29, 1.82) is 0 Å². The Bertz CT molecular complexity index is 362. The molecule has 0 aliphatic carbocycles. The summed E-state index contributed by atoms with van der Waals surface area (Å²) in [6, 6.07) is 7.95. The first-order chi connectivity index (χ1) is 7.83. The van der Waals surface area contributed by atoms with E-state index in [1.165, 1.54) is 0 Å². The van der Waals surface area contributed by atoms with Gasteiger partial charge in [-0.1, -0.05) is 6.07 Å². The van der Waals surface area contributed by atoms with E-state index in [4.69, 9.17) is 4.74 Å². The van der Waals surface area contributed by atoms with Gasteiger partial charge in [-0.05, 0) is 12.1 Å². The molecule has 0 amide bonds. The number of ether oxygens (including phenoxy) is 1. The third kappa shape index (κ3) is 2.24. The number of nitrogens with zero attached hydrogens (tertiary/aromatic N) is 3. The van der Waals surface area contributed by atoms with Gasteiger partial charge in [0.1, 0.15) is 5.75 Å². The smallest absolute Gasteiger partial charge is 0.120 e. The molecule has 2 rings (SSSR count). The second-order valence-corrected chi connectivity index (χ2v) is 3.72. The van der Waals surface area contributed by atoms with E-state index in [0.717, 1.165) is 24.5 Å². The summed E-state index contributed by atoms with van der Waals surface area (Å²) >= 11 is 0. The van der Waals surface area contributed by atoms with Crippen LogP contribution in [-0.4, -0.2) is 38.3 Å². The summed E-state index contributed by atoms with van der Waals surface area (Å²) in [5.74, 6) is 0.855. The van der Waals surface area contributed by atoms with Crippen LogP contribution in [0.3, 0.4) is 0 Å². The summed E-state index contributed by atoms with van der Waals surface area (Å²) in [6.45, 7) is 3.00. The number of nitroso groups, excluding NO2 is 1. The average Bonchev–Trinajstić information content (AvgIpc) is 2.39. The van der Waals surface area contributed by atoms with E-state index in [1.54, 1.807) is 12.1 Å². The quantitative estimate of drug-likeness (QED) is 0.725. The van der Waals surface area contributed by atoms with Crippen molar-refractivity contribution >= 4 is 5.69 Å². The molecule has 5 nitrogen and oxygen atoms in total. The summed E-state index contributed by atoms with van der Waals surface area (Å²) in [7, 11) is 1.66. The highest BCUT2D eigenvalue weighted by Crippen LogP contribution is 2.21. The number of benzene rings is 1. The first kappa shape index (κ1) is 10.7. The van der Waals surface area contributed by atoms with Crippen LogP contribution < -0.4 is 9.64 Å². The minimum atomic E-state index is 0.681. The van der Waals surface area contributed by atoms with Crippen molar-refractivity contribution in [3.8, 4) is 5.75 Å². The average molecular weight is 221 g/mol. The molecular weight excluding hydrogens is 206 g/mol. The lowest BCUT2D eigenvalue weighted by atomic mass is 10.2. The molecule has 1 fully saturated rings. The van der Waals surface area contributed by atoms with Crippen LogP contribution in [0, 0.1) is 4.91 Å². The van der Waals surface area contributed by atoms with E-state index >= 15 is 0 Å². The molecule has 0 radical (unpaired) electrons. The van der Waals surface area contributed by atoms with Crippen LogP contribution in [0.4, 0.5) is 5.69 Å². The molecule has 0 bridgehead atoms. The fourth-order valence-corrected chi connectivity index (χ4v) is 1.84. The number of anilines is 1. The predicted octanol–water partition coefficient (Wildman–Crippen LogP) is 1.50. The fourth-order valence-electron chi connectivity index (χ4n) is 1.84. The lowest BCUT2D eigenvalue weighted by Crippen LogP contribution is -2.43. The SMILES string of the molecule is COc1cccc(N2CCN(N=O)CC2)c1. The van der Waals surface area contributed by atoms with Gasteiger partial charge in [-0.15, -0.1) is 4.91 Å². The largest absolute Gasteiger partial charge is 0.497 e. The van der Waals surface area contributed by atoms with Gasteiger partial charge in [0.2, 0.25) is 0 Å². The maximum atomic E-state index is 10.3. The highest BCUT2D eigenvalue weighted by Gasteiger charge is 2.16. The second-order valence-electron chi connectivity index (χ2n) is 3.72. The lowest BCUT2D eigenvalue weighted by Gasteiger charge is -2.33. The van der Waals surface area contributed by atoms with E-state index in [-0.39, 0.29) is 0 Å². The van der Waals surface area contributed by atoms with Crippen molar-refractivity contribution in [2.24, 2.45) is 5.29 Å². The molecule has 0 spiro atoms. The Morgan fingerprint density at radius 3 is 2.62 bits per heavy atom. The molecule has 1 aliphatic heterocycles. The minimum Gasteiger partial charge on any atom is -0.497 e. The van der Waals surface area contributed by atoms with E-state index < -0.39 is 0 Å². The van der Waals surface area contributed by atoms with Crippen LogP contribution in [-0.2, 0) is 0 Å². The molecule has 5 heteroatoms. The number of piperazine rings is 1. The first-order valence-electron chi connectivity index (χ1n) is 5.30. The van der Waals surface area contributed by atoms with E-state index in [2.05, 4.69) is 10.2 Å². The van der Waals surface area contributed by atoms with Crippen LogP contribution in [0.2, 0.25) is 0 Å². The van der Waals surface area contributed by atoms with Crippen molar-refractivity contribution in [2.45, 2.75) is 0 Å². The van der Waals surface area contributed by atoms with Gasteiger partial charge < -0.3 is 9.64 Å². The van der Waals surface area contributed by atoms with Gasteiger partial charge in [0, 0.05) is 24.8 Å². The van der Waals surface area contributed by atoms with Gasteiger partial charge in [0.15, 0.2) is 0 Å². The van der Waals surface area contributed by atoms with E-state index in [9.17, 15) is 4.91 Å². The van der Waals surface area contributed by atoms with Gasteiger partial charge >= 0.3 is 0 Å². The summed E-state index contributed by atoms with van der Waals surface area (Å²) in [5, 5.41) is 4.49. The Hall–Kier alpha value is -1.78. The van der Waals surface area contributed by atoms with E-state index in [0.29, 0.717) is 13.1 Å². The summed E-state index contributed by atoms with van der Waals surface area (Å²) in [6.07, 6.45) is 0. The van der Waals surface area contributed by atoms with Gasteiger partial charge in [-0.25, -0.2) is 0 Å². The molecule has 1 aromatic carbocycles. The van der Waals surface area contributed by atoms with Gasteiger partial charge in [-0.2, -0.15) is 0 Å². The molecule has 0 unspecified atom stereocenters. The number of hydrogen-bond donors (Lipinski definition) is 0. The first-order valence-corrected chi connectivity index (χ1v) is 5.30. The lowest BCUT2D eigenvalue weighted by molar-refractivity contribution is 0.266. The Morgan fingerprint density at radius 1 is 1.25 bits per heavy atom. The second kappa shape index (κ2) is 4.83. The van der Waals surface area contributed by atoms with Crippen molar-refractivity contribution in [1.82, 2.24) is 5.01 Å². The Morgan fingerprint density at radius 2 is 2.00 bits per heavy atom. The molecule has 1 heterocycles. The summed E-state index contributed by atoms with van der Waals surface area (Å²) < 4.78 is 5.18. The number of hydrogen-bond acceptors (Lipinski definition) is 4. The topological polar surface area (TPSA) is 45.1 Å². The van der Waals surface area contributed by atoms with Crippen molar-refractivity contribution in [3.05, 3.63) is 29.2 Å². The molecule has 1 aromatic rings. The van der Waals surface area contributed by atoms with Crippen LogP contribution in [0.1, 0.15) is 0 Å². The Balaban J connectivity index is 2.04. The van der Waals surface area contributed by atoms with Crippen molar-refractivity contribution in [2.75, 3.05) is 38.2 Å².